The highest BCUT2D eigenvalue weighted by Gasteiger charge is 2.65. The zero-order valence-corrected chi connectivity index (χ0v) is 10.8. The Kier molecular flexibility index (Phi) is 2.67. The summed E-state index contributed by atoms with van der Waals surface area (Å²) >= 11 is 0. The van der Waals surface area contributed by atoms with Crippen molar-refractivity contribution >= 4 is 5.91 Å². The molecule has 88 valence electrons. The summed E-state index contributed by atoms with van der Waals surface area (Å²) < 4.78 is 0. The molecule has 0 radical (unpaired) electrons. The summed E-state index contributed by atoms with van der Waals surface area (Å²) in [5.41, 5.74) is 5.51. The fourth-order valence-electron chi connectivity index (χ4n) is 2.01. The van der Waals surface area contributed by atoms with Gasteiger partial charge in [-0.25, -0.2) is 0 Å². The van der Waals surface area contributed by atoms with Gasteiger partial charge in [-0.2, -0.15) is 0 Å². The molecule has 3 N–H and O–H groups in total. The average Bonchev–Trinajstić information content (AvgIpc) is 2.48. The molecule has 0 aromatic rings. The zero-order valence-electron chi connectivity index (χ0n) is 10.8. The lowest BCUT2D eigenvalue weighted by Crippen LogP contribution is -2.52. The van der Waals surface area contributed by atoms with E-state index in [9.17, 15) is 4.79 Å². The van der Waals surface area contributed by atoms with Gasteiger partial charge in [0.25, 0.3) is 0 Å². The van der Waals surface area contributed by atoms with Crippen LogP contribution >= 0.6 is 0 Å². The molecule has 3 nitrogen and oxygen atoms in total. The van der Waals surface area contributed by atoms with Gasteiger partial charge >= 0.3 is 0 Å². The van der Waals surface area contributed by atoms with Crippen molar-refractivity contribution < 1.29 is 4.79 Å². The maximum Gasteiger partial charge on any atom is 0.240 e. The second-order valence-electron chi connectivity index (χ2n) is 6.12. The number of hydrogen-bond donors (Lipinski definition) is 2. The van der Waals surface area contributed by atoms with Crippen LogP contribution in [0.4, 0.5) is 0 Å². The van der Waals surface area contributed by atoms with Crippen molar-refractivity contribution in [2.75, 3.05) is 0 Å². The fraction of sp³-hybridized carbons (Fsp3) is 0.917. The Morgan fingerprint density at radius 2 is 1.73 bits per heavy atom. The molecule has 1 saturated carbocycles. The molecule has 0 aromatic heterocycles. The third-order valence-electron chi connectivity index (χ3n) is 4.55. The number of nitrogens with one attached hydrogen (secondary N) is 1. The number of nitrogens with two attached hydrogens (primary N) is 1. The molecular formula is C12H24N2O. The predicted molar refractivity (Wildman–Crippen MR) is 62.4 cm³/mol. The molecule has 3 heteroatoms. The topological polar surface area (TPSA) is 55.1 Å². The van der Waals surface area contributed by atoms with Gasteiger partial charge in [0, 0.05) is 6.04 Å². The SMILES string of the molecule is CCC(C)(N)C(=O)NC1C(C)(C)C1(C)C. The molecule has 0 saturated heterocycles. The van der Waals surface area contributed by atoms with Crippen LogP contribution < -0.4 is 11.1 Å². The van der Waals surface area contributed by atoms with Crippen LogP contribution in [0.15, 0.2) is 0 Å². The Bertz CT molecular complexity index is 265. The van der Waals surface area contributed by atoms with Crippen LogP contribution in [0.1, 0.15) is 48.0 Å². The number of amides is 1. The third kappa shape index (κ3) is 1.78. The summed E-state index contributed by atoms with van der Waals surface area (Å²) in [4.78, 5) is 11.9. The number of carbonyl (C=O) groups excluding carboxylic acids is 1. The Morgan fingerprint density at radius 1 is 1.33 bits per heavy atom. The van der Waals surface area contributed by atoms with Crippen LogP contribution in [0, 0.1) is 10.8 Å². The monoisotopic (exact) mass is 212 g/mol. The molecule has 0 spiro atoms. The van der Waals surface area contributed by atoms with Gasteiger partial charge in [-0.15, -0.1) is 0 Å². The molecule has 0 heterocycles. The number of rotatable bonds is 3. The van der Waals surface area contributed by atoms with E-state index < -0.39 is 5.54 Å². The first-order valence-corrected chi connectivity index (χ1v) is 5.67. The molecule has 1 fully saturated rings. The standard InChI is InChI=1S/C12H24N2O/c1-7-12(6,13)9(15)14-8-10(2,3)11(8,4)5/h8H,7,13H2,1-6H3,(H,14,15). The van der Waals surface area contributed by atoms with Crippen molar-refractivity contribution in [3.05, 3.63) is 0 Å². The maximum absolute atomic E-state index is 11.9. The summed E-state index contributed by atoms with van der Waals surface area (Å²) in [7, 11) is 0. The second kappa shape index (κ2) is 3.21. The van der Waals surface area contributed by atoms with Crippen LogP contribution in [0.2, 0.25) is 0 Å². The Balaban J connectivity index is 2.64. The van der Waals surface area contributed by atoms with Crippen LogP contribution in [0.25, 0.3) is 0 Å². The predicted octanol–water partition coefficient (Wildman–Crippen LogP) is 1.66. The first kappa shape index (κ1) is 12.5. The Morgan fingerprint density at radius 3 is 2.00 bits per heavy atom. The summed E-state index contributed by atoms with van der Waals surface area (Å²) in [5, 5.41) is 3.06. The first-order valence-electron chi connectivity index (χ1n) is 5.67. The summed E-state index contributed by atoms with van der Waals surface area (Å²) in [6.07, 6.45) is 0.659. The van der Waals surface area contributed by atoms with Crippen molar-refractivity contribution in [1.82, 2.24) is 5.32 Å². The Labute approximate surface area is 92.8 Å². The van der Waals surface area contributed by atoms with Crippen molar-refractivity contribution in [3.63, 3.8) is 0 Å². The van der Waals surface area contributed by atoms with Gasteiger partial charge in [-0.05, 0) is 24.2 Å². The molecule has 0 aliphatic heterocycles. The lowest BCUT2D eigenvalue weighted by molar-refractivity contribution is -0.126. The quantitative estimate of drug-likeness (QED) is 0.747. The van der Waals surface area contributed by atoms with E-state index in [4.69, 9.17) is 5.73 Å². The fourth-order valence-corrected chi connectivity index (χ4v) is 2.01. The molecular weight excluding hydrogens is 188 g/mol. The van der Waals surface area contributed by atoms with E-state index >= 15 is 0 Å². The normalized spacial score (nSPS) is 26.9. The van der Waals surface area contributed by atoms with Gasteiger partial charge in [-0.1, -0.05) is 34.6 Å². The highest BCUT2D eigenvalue weighted by Crippen LogP contribution is 2.62. The molecule has 1 unspecified atom stereocenters. The van der Waals surface area contributed by atoms with Crippen LogP contribution in [0.3, 0.4) is 0 Å². The zero-order chi connectivity index (χ0) is 12.1. The van der Waals surface area contributed by atoms with Crippen LogP contribution in [-0.4, -0.2) is 17.5 Å². The highest BCUT2D eigenvalue weighted by atomic mass is 16.2. The molecule has 1 amide bonds. The van der Waals surface area contributed by atoms with Crippen molar-refractivity contribution in [3.8, 4) is 0 Å². The van der Waals surface area contributed by atoms with E-state index in [1.165, 1.54) is 0 Å². The van der Waals surface area contributed by atoms with Crippen molar-refractivity contribution in [1.29, 1.82) is 0 Å². The van der Waals surface area contributed by atoms with Gasteiger partial charge in [-0.3, -0.25) is 4.79 Å². The Hall–Kier alpha value is -0.570. The van der Waals surface area contributed by atoms with Crippen molar-refractivity contribution in [2.45, 2.75) is 59.5 Å². The van der Waals surface area contributed by atoms with E-state index in [2.05, 4.69) is 33.0 Å². The molecule has 1 atom stereocenters. The summed E-state index contributed by atoms with van der Waals surface area (Å²) in [5.74, 6) is -0.0337. The first-order chi connectivity index (χ1) is 6.57. The van der Waals surface area contributed by atoms with E-state index in [0.717, 1.165) is 0 Å². The minimum Gasteiger partial charge on any atom is -0.351 e. The third-order valence-corrected chi connectivity index (χ3v) is 4.55. The minimum atomic E-state index is -0.741. The van der Waals surface area contributed by atoms with Crippen molar-refractivity contribution in [2.24, 2.45) is 16.6 Å². The van der Waals surface area contributed by atoms with Gasteiger partial charge in [0.1, 0.15) is 0 Å². The largest absolute Gasteiger partial charge is 0.351 e. The molecule has 1 aliphatic rings. The van der Waals surface area contributed by atoms with E-state index in [-0.39, 0.29) is 22.8 Å². The molecule has 1 rings (SSSR count). The van der Waals surface area contributed by atoms with Crippen LogP contribution in [0.5, 0.6) is 0 Å². The van der Waals surface area contributed by atoms with Gasteiger partial charge < -0.3 is 11.1 Å². The summed E-state index contributed by atoms with van der Waals surface area (Å²) in [6, 6.07) is 0.243. The molecule has 0 bridgehead atoms. The van der Waals surface area contributed by atoms with Gasteiger partial charge in [0.2, 0.25) is 5.91 Å². The lowest BCUT2D eigenvalue weighted by atomic mass is 9.99. The van der Waals surface area contributed by atoms with Gasteiger partial charge in [0.05, 0.1) is 5.54 Å². The summed E-state index contributed by atoms with van der Waals surface area (Å²) in [6.45, 7) is 12.4. The second-order valence-corrected chi connectivity index (χ2v) is 6.12. The van der Waals surface area contributed by atoms with E-state index in [1.807, 2.05) is 6.92 Å². The highest BCUT2D eigenvalue weighted by molar-refractivity contribution is 5.86. The van der Waals surface area contributed by atoms with E-state index in [0.29, 0.717) is 6.42 Å². The van der Waals surface area contributed by atoms with Gasteiger partial charge in [0.15, 0.2) is 0 Å². The average molecular weight is 212 g/mol. The smallest absolute Gasteiger partial charge is 0.240 e. The molecule has 0 aromatic carbocycles. The van der Waals surface area contributed by atoms with E-state index in [1.54, 1.807) is 6.92 Å². The lowest BCUT2D eigenvalue weighted by Gasteiger charge is -2.22. The minimum absolute atomic E-state index is 0.0337. The van der Waals surface area contributed by atoms with Crippen LogP contribution in [-0.2, 0) is 4.79 Å². The number of hydrogen-bond acceptors (Lipinski definition) is 2. The molecule has 1 aliphatic carbocycles. The maximum atomic E-state index is 11.9. The number of carbonyl (C=O) groups is 1. The molecule has 15 heavy (non-hydrogen) atoms.